The molecule has 1 saturated carbocycles. The Morgan fingerprint density at radius 2 is 1.91 bits per heavy atom. The molecule has 1 aromatic carbocycles. The number of benzene rings is 1. The van der Waals surface area contributed by atoms with Crippen molar-refractivity contribution in [2.45, 2.75) is 33.1 Å². The van der Waals surface area contributed by atoms with Crippen molar-refractivity contribution >= 4 is 34.2 Å². The fraction of sp³-hybridized carbons (Fsp3) is 0.385. The number of nitrogens with two attached hydrogens (primary N) is 1. The number of nitrogens with one attached hydrogen (secondary N) is 1. The molecule has 7 heteroatoms. The van der Waals surface area contributed by atoms with E-state index in [1.54, 1.807) is 13.1 Å². The zero-order valence-electron chi connectivity index (χ0n) is 19.0. The van der Waals surface area contributed by atoms with Gasteiger partial charge in [-0.05, 0) is 61.1 Å². The quantitative estimate of drug-likeness (QED) is 0.634. The van der Waals surface area contributed by atoms with Crippen LogP contribution in [0.5, 0.6) is 0 Å². The predicted molar refractivity (Wildman–Crippen MR) is 129 cm³/mol. The second-order valence-corrected chi connectivity index (χ2v) is 9.34. The molecule has 1 saturated heterocycles. The minimum absolute atomic E-state index is 0.0291. The Morgan fingerprint density at radius 1 is 1.15 bits per heavy atom. The van der Waals surface area contributed by atoms with E-state index in [0.29, 0.717) is 23.5 Å². The summed E-state index contributed by atoms with van der Waals surface area (Å²) in [7, 11) is 0. The largest absolute Gasteiger partial charge is 0.383 e. The number of nitrogens with zero attached hydrogens (tertiary/aromatic N) is 3. The average molecular weight is 444 g/mol. The Labute approximate surface area is 193 Å². The molecule has 0 unspecified atom stereocenters. The van der Waals surface area contributed by atoms with E-state index in [0.717, 1.165) is 59.9 Å². The second kappa shape index (κ2) is 8.46. The van der Waals surface area contributed by atoms with Gasteiger partial charge in [0.2, 0.25) is 11.8 Å². The van der Waals surface area contributed by atoms with Crippen LogP contribution in [-0.4, -0.2) is 39.8 Å². The van der Waals surface area contributed by atoms with Crippen LogP contribution in [0.25, 0.3) is 22.0 Å². The summed E-state index contributed by atoms with van der Waals surface area (Å²) in [5, 5.41) is 4.67. The number of aromatic nitrogens is 2. The minimum Gasteiger partial charge on any atom is -0.383 e. The van der Waals surface area contributed by atoms with Gasteiger partial charge in [-0.25, -0.2) is 9.97 Å². The first-order chi connectivity index (χ1) is 15.9. The number of rotatable bonds is 4. The van der Waals surface area contributed by atoms with E-state index >= 15 is 0 Å². The van der Waals surface area contributed by atoms with Crippen LogP contribution in [0.4, 0.5) is 11.6 Å². The molecule has 3 heterocycles. The van der Waals surface area contributed by atoms with Gasteiger partial charge >= 0.3 is 0 Å². The van der Waals surface area contributed by atoms with Crippen molar-refractivity contribution in [2.75, 3.05) is 24.1 Å². The topological polar surface area (TPSA) is 101 Å². The second-order valence-electron chi connectivity index (χ2n) is 9.34. The molecule has 2 amide bonds. The molecule has 170 valence electrons. The zero-order chi connectivity index (χ0) is 23.1. The van der Waals surface area contributed by atoms with Crippen LogP contribution in [-0.2, 0) is 9.59 Å². The van der Waals surface area contributed by atoms with Crippen LogP contribution in [0.3, 0.4) is 0 Å². The van der Waals surface area contributed by atoms with E-state index in [1.165, 1.54) is 0 Å². The molecule has 0 radical (unpaired) electrons. The summed E-state index contributed by atoms with van der Waals surface area (Å²) in [6.07, 6.45) is 4.56. The van der Waals surface area contributed by atoms with Gasteiger partial charge in [0.25, 0.3) is 0 Å². The molecule has 1 aliphatic heterocycles. The third-order valence-corrected chi connectivity index (χ3v) is 7.18. The first-order valence-electron chi connectivity index (χ1n) is 11.6. The van der Waals surface area contributed by atoms with Crippen molar-refractivity contribution in [1.29, 1.82) is 0 Å². The number of fused-ring (bicyclic) bond motifs is 1. The van der Waals surface area contributed by atoms with E-state index in [-0.39, 0.29) is 17.7 Å². The molecular formula is C26H29N5O2. The van der Waals surface area contributed by atoms with Crippen LogP contribution >= 0.6 is 0 Å². The van der Waals surface area contributed by atoms with E-state index in [1.807, 2.05) is 48.2 Å². The highest BCUT2D eigenvalue weighted by atomic mass is 16.2. The number of piperidine rings is 1. The van der Waals surface area contributed by atoms with Gasteiger partial charge in [0.1, 0.15) is 11.6 Å². The Balaban J connectivity index is 1.29. The van der Waals surface area contributed by atoms with E-state index < -0.39 is 0 Å². The minimum atomic E-state index is 0.0291. The van der Waals surface area contributed by atoms with Crippen molar-refractivity contribution < 1.29 is 9.59 Å². The highest BCUT2D eigenvalue weighted by Gasteiger charge is 2.48. The molecule has 5 rings (SSSR count). The zero-order valence-corrected chi connectivity index (χ0v) is 19.0. The average Bonchev–Trinajstić information content (AvgIpc) is 3.60. The molecule has 0 spiro atoms. The molecule has 7 nitrogen and oxygen atoms in total. The molecule has 2 fully saturated rings. The molecule has 33 heavy (non-hydrogen) atoms. The lowest BCUT2D eigenvalue weighted by atomic mass is 9.91. The highest BCUT2D eigenvalue weighted by molar-refractivity contribution is 5.98. The third kappa shape index (κ3) is 4.27. The number of pyridine rings is 2. The molecule has 3 N–H and O–H groups in total. The molecule has 2 atom stereocenters. The monoisotopic (exact) mass is 443 g/mol. The van der Waals surface area contributed by atoms with Gasteiger partial charge in [-0.3, -0.25) is 9.59 Å². The van der Waals surface area contributed by atoms with Crippen molar-refractivity contribution in [3.8, 4) is 11.3 Å². The Hall–Kier alpha value is -3.48. The number of aryl methyl sites for hydroxylation is 1. The summed E-state index contributed by atoms with van der Waals surface area (Å²) in [6, 6.07) is 11.9. The lowest BCUT2D eigenvalue weighted by Gasteiger charge is -2.31. The van der Waals surface area contributed by atoms with Crippen molar-refractivity contribution in [3.05, 3.63) is 48.2 Å². The first kappa shape index (κ1) is 21.4. The smallest absolute Gasteiger partial charge is 0.228 e. The highest BCUT2D eigenvalue weighted by Crippen LogP contribution is 2.48. The van der Waals surface area contributed by atoms with Gasteiger partial charge in [-0.2, -0.15) is 0 Å². The lowest BCUT2D eigenvalue weighted by Crippen LogP contribution is -2.37. The Bertz CT molecular complexity index is 1230. The van der Waals surface area contributed by atoms with E-state index in [4.69, 9.17) is 5.73 Å². The van der Waals surface area contributed by atoms with Crippen molar-refractivity contribution in [1.82, 2.24) is 14.9 Å². The summed E-state index contributed by atoms with van der Waals surface area (Å²) in [4.78, 5) is 35.3. The van der Waals surface area contributed by atoms with Crippen LogP contribution in [0.1, 0.15) is 31.7 Å². The normalized spacial score (nSPS) is 20.6. The van der Waals surface area contributed by atoms with Crippen LogP contribution < -0.4 is 11.1 Å². The number of carbonyl (C=O) groups is 2. The SMILES string of the molecule is CC(=O)N1CCC([C@@H]2C[C@H]2C(=O)Nc2cc3cc(-c4ccccc4C)nc(N)c3cn2)CC1. The number of hydrogen-bond acceptors (Lipinski definition) is 5. The molecule has 1 aliphatic carbocycles. The van der Waals surface area contributed by atoms with Gasteiger partial charge in [-0.1, -0.05) is 24.3 Å². The summed E-state index contributed by atoms with van der Waals surface area (Å²) in [5.41, 5.74) is 9.18. The van der Waals surface area contributed by atoms with Gasteiger partial charge in [0.05, 0.1) is 5.69 Å². The number of likely N-dealkylation sites (tertiary alicyclic amines) is 1. The van der Waals surface area contributed by atoms with E-state index in [9.17, 15) is 9.59 Å². The molecule has 3 aromatic rings. The predicted octanol–water partition coefficient (Wildman–Crippen LogP) is 4.02. The Kier molecular flexibility index (Phi) is 5.48. The Morgan fingerprint density at radius 3 is 2.64 bits per heavy atom. The molecule has 2 aromatic heterocycles. The van der Waals surface area contributed by atoms with Gasteiger partial charge in [0.15, 0.2) is 0 Å². The molecule has 0 bridgehead atoms. The summed E-state index contributed by atoms with van der Waals surface area (Å²) >= 11 is 0. The van der Waals surface area contributed by atoms with Gasteiger partial charge < -0.3 is 16.0 Å². The number of anilines is 2. The lowest BCUT2D eigenvalue weighted by molar-refractivity contribution is -0.130. The van der Waals surface area contributed by atoms with Gasteiger partial charge in [0, 0.05) is 43.1 Å². The number of amides is 2. The standard InChI is InChI=1S/C26H29N5O2/c1-15-5-3-4-6-19(15)23-11-18-12-24(28-14-22(18)25(27)29-23)30-26(33)21-13-20(21)17-7-9-31(10-8-17)16(2)32/h3-6,11-12,14,17,20-21H,7-10,13H2,1-2H3,(H2,27,29)(H,28,30,33)/t20-,21+/m0/s1. The summed E-state index contributed by atoms with van der Waals surface area (Å²) in [6.45, 7) is 5.27. The summed E-state index contributed by atoms with van der Waals surface area (Å²) < 4.78 is 0. The van der Waals surface area contributed by atoms with Crippen LogP contribution in [0.2, 0.25) is 0 Å². The van der Waals surface area contributed by atoms with Crippen molar-refractivity contribution in [3.63, 3.8) is 0 Å². The fourth-order valence-corrected chi connectivity index (χ4v) is 5.14. The van der Waals surface area contributed by atoms with Gasteiger partial charge in [-0.15, -0.1) is 0 Å². The third-order valence-electron chi connectivity index (χ3n) is 7.18. The molecular weight excluding hydrogens is 414 g/mol. The maximum Gasteiger partial charge on any atom is 0.228 e. The van der Waals surface area contributed by atoms with Crippen LogP contribution in [0, 0.1) is 24.7 Å². The number of nitrogen functional groups attached to an aromatic ring is 1. The molecule has 2 aliphatic rings. The van der Waals surface area contributed by atoms with Crippen molar-refractivity contribution in [2.24, 2.45) is 17.8 Å². The fourth-order valence-electron chi connectivity index (χ4n) is 5.14. The maximum absolute atomic E-state index is 12.9. The number of carbonyl (C=O) groups excluding carboxylic acids is 2. The van der Waals surface area contributed by atoms with Crippen LogP contribution in [0.15, 0.2) is 42.6 Å². The summed E-state index contributed by atoms with van der Waals surface area (Å²) in [5.74, 6) is 2.09. The first-order valence-corrected chi connectivity index (χ1v) is 11.6. The van der Waals surface area contributed by atoms with E-state index in [2.05, 4.69) is 15.3 Å². The number of hydrogen-bond donors (Lipinski definition) is 2. The maximum atomic E-state index is 12.9.